The van der Waals surface area contributed by atoms with E-state index < -0.39 is 5.97 Å². The predicted molar refractivity (Wildman–Crippen MR) is 75.1 cm³/mol. The average Bonchev–Trinajstić information content (AvgIpc) is 2.69. The normalized spacial score (nSPS) is 25.9. The molecule has 1 fully saturated rings. The van der Waals surface area contributed by atoms with E-state index in [9.17, 15) is 9.90 Å². The fourth-order valence-corrected chi connectivity index (χ4v) is 2.23. The van der Waals surface area contributed by atoms with Gasteiger partial charge in [0.2, 0.25) is 0 Å². The minimum Gasteiger partial charge on any atom is -0.476 e. The summed E-state index contributed by atoms with van der Waals surface area (Å²) >= 11 is 0. The number of carbonyl (C=O) groups is 1. The number of carboxylic acids is 1. The van der Waals surface area contributed by atoms with Gasteiger partial charge in [-0.05, 0) is 20.3 Å². The summed E-state index contributed by atoms with van der Waals surface area (Å²) in [6.07, 6.45) is 2.38. The first kappa shape index (κ1) is 14.7. The van der Waals surface area contributed by atoms with Crippen molar-refractivity contribution in [3.63, 3.8) is 0 Å². The number of ether oxygens (including phenoxy) is 1. The highest BCUT2D eigenvalue weighted by atomic mass is 16.5. The van der Waals surface area contributed by atoms with Crippen molar-refractivity contribution in [2.24, 2.45) is 0 Å². The highest BCUT2D eigenvalue weighted by Crippen LogP contribution is 2.30. The van der Waals surface area contributed by atoms with E-state index in [4.69, 9.17) is 4.74 Å². The summed E-state index contributed by atoms with van der Waals surface area (Å²) in [5.74, 6) is -0.424. The molecule has 6 heteroatoms. The van der Waals surface area contributed by atoms with Crippen molar-refractivity contribution in [3.05, 3.63) is 17.7 Å². The van der Waals surface area contributed by atoms with E-state index in [2.05, 4.69) is 15.3 Å². The molecule has 2 rings (SSSR count). The van der Waals surface area contributed by atoms with Gasteiger partial charge in [-0.2, -0.15) is 0 Å². The van der Waals surface area contributed by atoms with Crippen LogP contribution in [-0.2, 0) is 4.74 Å². The minimum absolute atomic E-state index is 0.00826. The maximum Gasteiger partial charge on any atom is 0.356 e. The average molecular weight is 279 g/mol. The number of hydrogen-bond acceptors (Lipinski definition) is 5. The van der Waals surface area contributed by atoms with Crippen LogP contribution in [0.15, 0.2) is 6.20 Å². The van der Waals surface area contributed by atoms with Crippen LogP contribution in [0.25, 0.3) is 0 Å². The van der Waals surface area contributed by atoms with E-state index in [0.29, 0.717) is 18.1 Å². The van der Waals surface area contributed by atoms with Crippen molar-refractivity contribution in [1.82, 2.24) is 9.97 Å². The lowest BCUT2D eigenvalue weighted by Crippen LogP contribution is -2.41. The molecule has 2 unspecified atom stereocenters. The summed E-state index contributed by atoms with van der Waals surface area (Å²) < 4.78 is 5.55. The van der Waals surface area contributed by atoms with Gasteiger partial charge in [0.1, 0.15) is 5.82 Å². The Balaban J connectivity index is 2.34. The van der Waals surface area contributed by atoms with Gasteiger partial charge in [0.15, 0.2) is 5.69 Å². The van der Waals surface area contributed by atoms with Crippen molar-refractivity contribution < 1.29 is 14.6 Å². The molecule has 0 aliphatic carbocycles. The molecule has 0 saturated carbocycles. The van der Waals surface area contributed by atoms with Crippen LogP contribution in [0.5, 0.6) is 0 Å². The van der Waals surface area contributed by atoms with Crippen molar-refractivity contribution in [2.45, 2.75) is 51.7 Å². The van der Waals surface area contributed by atoms with Gasteiger partial charge in [0, 0.05) is 12.5 Å². The molecule has 1 saturated heterocycles. The maximum absolute atomic E-state index is 11.4. The lowest BCUT2D eigenvalue weighted by molar-refractivity contribution is 0.0690. The first-order valence-electron chi connectivity index (χ1n) is 6.83. The molecule has 0 bridgehead atoms. The van der Waals surface area contributed by atoms with Crippen LogP contribution in [0.3, 0.4) is 0 Å². The maximum atomic E-state index is 11.4. The van der Waals surface area contributed by atoms with Gasteiger partial charge in [-0.1, -0.05) is 13.8 Å². The molecule has 2 atom stereocenters. The van der Waals surface area contributed by atoms with Crippen LogP contribution in [0.4, 0.5) is 5.69 Å². The summed E-state index contributed by atoms with van der Waals surface area (Å²) in [7, 11) is 0. The van der Waals surface area contributed by atoms with E-state index in [0.717, 1.165) is 6.42 Å². The molecule has 1 aromatic heterocycles. The summed E-state index contributed by atoms with van der Waals surface area (Å²) in [6.45, 7) is 8.53. The molecule has 0 spiro atoms. The molecule has 6 nitrogen and oxygen atoms in total. The van der Waals surface area contributed by atoms with Crippen molar-refractivity contribution in [1.29, 1.82) is 0 Å². The Kier molecular flexibility index (Phi) is 3.94. The number of nitrogens with one attached hydrogen (secondary N) is 1. The molecule has 2 heterocycles. The smallest absolute Gasteiger partial charge is 0.356 e. The number of nitrogens with zero attached hydrogens (tertiary/aromatic N) is 2. The zero-order valence-corrected chi connectivity index (χ0v) is 12.3. The number of aromatic carboxylic acids is 1. The third kappa shape index (κ3) is 2.75. The molecule has 0 radical (unpaired) electrons. The Labute approximate surface area is 118 Å². The molecular weight excluding hydrogens is 258 g/mol. The van der Waals surface area contributed by atoms with Gasteiger partial charge in [-0.25, -0.2) is 14.8 Å². The Morgan fingerprint density at radius 1 is 1.60 bits per heavy atom. The highest BCUT2D eigenvalue weighted by molar-refractivity contribution is 5.91. The van der Waals surface area contributed by atoms with Crippen LogP contribution in [-0.4, -0.2) is 39.3 Å². The van der Waals surface area contributed by atoms with Crippen LogP contribution in [0, 0.1) is 0 Å². The van der Waals surface area contributed by atoms with Crippen LogP contribution in [0.2, 0.25) is 0 Å². The Hall–Kier alpha value is -1.69. The first-order chi connectivity index (χ1) is 9.33. The summed E-state index contributed by atoms with van der Waals surface area (Å²) in [5.41, 5.74) is 0.165. The van der Waals surface area contributed by atoms with E-state index in [1.165, 1.54) is 0 Å². The topological polar surface area (TPSA) is 84.3 Å². The number of anilines is 1. The lowest BCUT2D eigenvalue weighted by Gasteiger charge is -2.30. The van der Waals surface area contributed by atoms with E-state index in [-0.39, 0.29) is 23.3 Å². The summed E-state index contributed by atoms with van der Waals surface area (Å²) in [4.78, 5) is 19.8. The van der Waals surface area contributed by atoms with Crippen molar-refractivity contribution in [3.8, 4) is 0 Å². The van der Waals surface area contributed by atoms with Gasteiger partial charge >= 0.3 is 5.97 Å². The number of hydrogen-bond donors (Lipinski definition) is 2. The minimum atomic E-state index is -1.05. The Morgan fingerprint density at radius 2 is 2.30 bits per heavy atom. The molecule has 1 aliphatic rings. The molecule has 0 amide bonds. The fourth-order valence-electron chi connectivity index (χ4n) is 2.23. The molecular formula is C14H21N3O3. The first-order valence-corrected chi connectivity index (χ1v) is 6.83. The summed E-state index contributed by atoms with van der Waals surface area (Å²) in [6, 6.07) is 0. The third-order valence-electron chi connectivity index (χ3n) is 3.83. The highest BCUT2D eigenvalue weighted by Gasteiger charge is 2.38. The van der Waals surface area contributed by atoms with Gasteiger partial charge in [-0.3, -0.25) is 0 Å². The lowest BCUT2D eigenvalue weighted by atomic mass is 9.94. The monoisotopic (exact) mass is 279 g/mol. The van der Waals surface area contributed by atoms with Gasteiger partial charge in [0.25, 0.3) is 0 Å². The second-order valence-electron chi connectivity index (χ2n) is 5.76. The SMILES string of the molecule is CC(C)c1ncc(NC2(C)CCOC2C)c(C(=O)O)n1. The largest absolute Gasteiger partial charge is 0.476 e. The molecule has 0 aromatic carbocycles. The van der Waals surface area contributed by atoms with E-state index >= 15 is 0 Å². The second kappa shape index (κ2) is 5.36. The van der Waals surface area contributed by atoms with Crippen molar-refractivity contribution >= 4 is 11.7 Å². The zero-order chi connectivity index (χ0) is 14.9. The second-order valence-corrected chi connectivity index (χ2v) is 5.76. The predicted octanol–water partition coefficient (Wildman–Crippen LogP) is 2.28. The van der Waals surface area contributed by atoms with Crippen LogP contribution >= 0.6 is 0 Å². The molecule has 20 heavy (non-hydrogen) atoms. The molecule has 1 aromatic rings. The fraction of sp³-hybridized carbons (Fsp3) is 0.643. The molecule has 1 aliphatic heterocycles. The van der Waals surface area contributed by atoms with Crippen LogP contribution < -0.4 is 5.32 Å². The van der Waals surface area contributed by atoms with E-state index in [1.807, 2.05) is 27.7 Å². The van der Waals surface area contributed by atoms with Gasteiger partial charge in [-0.15, -0.1) is 0 Å². The van der Waals surface area contributed by atoms with Crippen molar-refractivity contribution in [2.75, 3.05) is 11.9 Å². The van der Waals surface area contributed by atoms with E-state index in [1.54, 1.807) is 6.20 Å². The Morgan fingerprint density at radius 3 is 2.80 bits per heavy atom. The summed E-state index contributed by atoms with van der Waals surface area (Å²) in [5, 5.41) is 12.6. The third-order valence-corrected chi connectivity index (χ3v) is 3.83. The quantitative estimate of drug-likeness (QED) is 0.879. The number of rotatable bonds is 4. The number of aromatic nitrogens is 2. The molecule has 110 valence electrons. The molecule has 2 N–H and O–H groups in total. The number of carboxylic acid groups (broad SMARTS) is 1. The van der Waals surface area contributed by atoms with Crippen LogP contribution in [0.1, 0.15) is 56.3 Å². The van der Waals surface area contributed by atoms with Gasteiger partial charge in [0.05, 0.1) is 23.5 Å². The Bertz CT molecular complexity index is 518. The van der Waals surface area contributed by atoms with Gasteiger partial charge < -0.3 is 15.2 Å². The zero-order valence-electron chi connectivity index (χ0n) is 12.3. The standard InChI is InChI=1S/C14H21N3O3/c1-8(2)12-15-7-10(11(16-12)13(18)19)17-14(4)5-6-20-9(14)3/h7-9,17H,5-6H2,1-4H3,(H,18,19).